The Balaban J connectivity index is 2.27. The molecule has 0 atom stereocenters. The molecule has 11 heavy (non-hydrogen) atoms. The molecule has 0 amide bonds. The molecule has 4 heteroatoms. The Morgan fingerprint density at radius 3 is 2.55 bits per heavy atom. The van der Waals surface area contributed by atoms with Crippen molar-refractivity contribution in [1.82, 2.24) is 4.89 Å². The Kier molecular flexibility index (Phi) is 3.72. The topological polar surface area (TPSA) is 38.3 Å². The highest BCUT2D eigenvalue weighted by molar-refractivity contribution is 7.77. The summed E-state index contributed by atoms with van der Waals surface area (Å²) in [6.45, 7) is 0. The molecule has 1 rings (SSSR count). The number of carbonyl (C=O) groups is 1. The summed E-state index contributed by atoms with van der Waals surface area (Å²) in [5.41, 5.74) is 0. The van der Waals surface area contributed by atoms with Gasteiger partial charge in [-0.25, -0.2) is 0 Å². The molecule has 3 nitrogen and oxygen atoms in total. The van der Waals surface area contributed by atoms with Crippen LogP contribution in [0.15, 0.2) is 0 Å². The first-order valence-corrected chi connectivity index (χ1v) is 4.39. The third kappa shape index (κ3) is 2.71. The number of thiol groups is 1. The molecule has 64 valence electrons. The summed E-state index contributed by atoms with van der Waals surface area (Å²) in [4.78, 5) is 17.7. The quantitative estimate of drug-likeness (QED) is 0.493. The van der Waals surface area contributed by atoms with Crippen LogP contribution in [0.1, 0.15) is 32.1 Å². The fourth-order valence-electron chi connectivity index (χ4n) is 1.47. The van der Waals surface area contributed by atoms with Gasteiger partial charge in [0.15, 0.2) is 0 Å². The van der Waals surface area contributed by atoms with E-state index in [0.29, 0.717) is 0 Å². The first-order chi connectivity index (χ1) is 5.34. The molecular formula is C7H13NO2S. The summed E-state index contributed by atoms with van der Waals surface area (Å²) in [5, 5.41) is 0. The second kappa shape index (κ2) is 4.62. The molecular weight excluding hydrogens is 162 g/mol. The molecule has 1 saturated carbocycles. The Bertz CT molecular complexity index is 134. The van der Waals surface area contributed by atoms with Crippen molar-refractivity contribution in [3.63, 3.8) is 0 Å². The second-order valence-corrected chi connectivity index (χ2v) is 3.03. The SMILES string of the molecule is O=C(ONS)C1CCCCC1. The summed E-state index contributed by atoms with van der Waals surface area (Å²) in [7, 11) is 0. The van der Waals surface area contributed by atoms with Gasteiger partial charge in [-0.3, -0.25) is 4.79 Å². The van der Waals surface area contributed by atoms with E-state index >= 15 is 0 Å². The first-order valence-electron chi connectivity index (χ1n) is 3.94. The maximum Gasteiger partial charge on any atom is 0.328 e. The fraction of sp³-hybridized carbons (Fsp3) is 0.857. The molecule has 0 aromatic heterocycles. The maximum absolute atomic E-state index is 11.1. The van der Waals surface area contributed by atoms with E-state index in [9.17, 15) is 4.79 Å². The summed E-state index contributed by atoms with van der Waals surface area (Å²) < 4.78 is 0. The zero-order valence-electron chi connectivity index (χ0n) is 6.38. The van der Waals surface area contributed by atoms with Crippen molar-refractivity contribution in [2.75, 3.05) is 0 Å². The number of hydrogen-bond acceptors (Lipinski definition) is 4. The summed E-state index contributed by atoms with van der Waals surface area (Å²) >= 11 is 3.59. The monoisotopic (exact) mass is 175 g/mol. The number of nitrogens with one attached hydrogen (secondary N) is 1. The molecule has 1 aliphatic carbocycles. The maximum atomic E-state index is 11.1. The predicted molar refractivity (Wildman–Crippen MR) is 44.8 cm³/mol. The number of rotatable bonds is 2. The van der Waals surface area contributed by atoms with Crippen LogP contribution in [-0.2, 0) is 9.63 Å². The van der Waals surface area contributed by atoms with Gasteiger partial charge >= 0.3 is 5.97 Å². The molecule has 0 spiro atoms. The Morgan fingerprint density at radius 1 is 1.36 bits per heavy atom. The molecule has 1 N–H and O–H groups in total. The molecule has 0 unspecified atom stereocenters. The minimum atomic E-state index is -0.167. The van der Waals surface area contributed by atoms with Gasteiger partial charge in [0.2, 0.25) is 0 Å². The Hall–Kier alpha value is -0.220. The van der Waals surface area contributed by atoms with E-state index < -0.39 is 0 Å². The van der Waals surface area contributed by atoms with Gasteiger partial charge < -0.3 is 4.84 Å². The third-order valence-corrected chi connectivity index (χ3v) is 2.18. The Labute approximate surface area is 72.0 Å². The zero-order valence-corrected chi connectivity index (χ0v) is 7.27. The van der Waals surface area contributed by atoms with E-state index in [0.717, 1.165) is 25.7 Å². The number of carbonyl (C=O) groups excluding carboxylic acids is 1. The van der Waals surface area contributed by atoms with Gasteiger partial charge in [0.25, 0.3) is 0 Å². The summed E-state index contributed by atoms with van der Waals surface area (Å²) in [6, 6.07) is 0. The average Bonchev–Trinajstić information content (AvgIpc) is 2.07. The van der Waals surface area contributed by atoms with Crippen LogP contribution in [-0.4, -0.2) is 5.97 Å². The minimum Gasteiger partial charge on any atom is -0.360 e. The van der Waals surface area contributed by atoms with Crippen molar-refractivity contribution in [2.45, 2.75) is 32.1 Å². The van der Waals surface area contributed by atoms with Crippen LogP contribution in [0.4, 0.5) is 0 Å². The lowest BCUT2D eigenvalue weighted by Crippen LogP contribution is -2.23. The van der Waals surface area contributed by atoms with Gasteiger partial charge in [0.05, 0.1) is 5.92 Å². The first kappa shape index (κ1) is 8.87. The van der Waals surface area contributed by atoms with Crippen molar-refractivity contribution in [2.24, 2.45) is 5.92 Å². The van der Waals surface area contributed by atoms with Crippen LogP contribution in [0.25, 0.3) is 0 Å². The van der Waals surface area contributed by atoms with Gasteiger partial charge in [0.1, 0.15) is 0 Å². The van der Waals surface area contributed by atoms with Crippen LogP contribution < -0.4 is 4.89 Å². The largest absolute Gasteiger partial charge is 0.360 e. The molecule has 0 aliphatic heterocycles. The van der Waals surface area contributed by atoms with Crippen LogP contribution in [0, 0.1) is 5.92 Å². The van der Waals surface area contributed by atoms with Crippen LogP contribution in [0.5, 0.6) is 0 Å². The second-order valence-electron chi connectivity index (χ2n) is 2.85. The van der Waals surface area contributed by atoms with E-state index in [1.807, 2.05) is 0 Å². The van der Waals surface area contributed by atoms with E-state index in [2.05, 4.69) is 22.5 Å². The van der Waals surface area contributed by atoms with Gasteiger partial charge in [-0.1, -0.05) is 37.0 Å². The highest BCUT2D eigenvalue weighted by Gasteiger charge is 2.22. The fourth-order valence-corrected chi connectivity index (χ4v) is 1.56. The van der Waals surface area contributed by atoms with Gasteiger partial charge in [-0.05, 0) is 12.8 Å². The molecule has 0 bridgehead atoms. The van der Waals surface area contributed by atoms with Crippen LogP contribution in [0.3, 0.4) is 0 Å². The Morgan fingerprint density at radius 2 is 2.00 bits per heavy atom. The van der Waals surface area contributed by atoms with E-state index in [1.54, 1.807) is 0 Å². The van der Waals surface area contributed by atoms with Crippen molar-refractivity contribution >= 4 is 18.8 Å². The van der Waals surface area contributed by atoms with Gasteiger partial charge in [-0.15, -0.1) is 0 Å². The normalized spacial score (nSPS) is 19.7. The number of hydrogen-bond donors (Lipinski definition) is 2. The molecule has 0 saturated heterocycles. The standard InChI is InChI=1S/C7H13NO2S/c9-7(10-8-11)6-4-2-1-3-5-6/h6,8,11H,1-5H2. The highest BCUT2D eigenvalue weighted by Crippen LogP contribution is 2.24. The molecule has 0 heterocycles. The molecule has 0 aromatic rings. The minimum absolute atomic E-state index is 0.100. The molecule has 0 aromatic carbocycles. The van der Waals surface area contributed by atoms with Crippen molar-refractivity contribution < 1.29 is 9.63 Å². The van der Waals surface area contributed by atoms with Crippen molar-refractivity contribution in [1.29, 1.82) is 0 Å². The summed E-state index contributed by atoms with van der Waals surface area (Å²) in [5.74, 6) is -0.0666. The lowest BCUT2D eigenvalue weighted by molar-refractivity contribution is -0.152. The average molecular weight is 175 g/mol. The smallest absolute Gasteiger partial charge is 0.328 e. The predicted octanol–water partition coefficient (Wildman–Crippen LogP) is 1.46. The van der Waals surface area contributed by atoms with E-state index in [4.69, 9.17) is 0 Å². The highest BCUT2D eigenvalue weighted by atomic mass is 32.1. The summed E-state index contributed by atoms with van der Waals surface area (Å²) in [6.07, 6.45) is 5.47. The van der Waals surface area contributed by atoms with E-state index in [1.165, 1.54) is 6.42 Å². The lowest BCUT2D eigenvalue weighted by atomic mass is 9.89. The molecule has 1 fully saturated rings. The lowest BCUT2D eigenvalue weighted by Gasteiger charge is -2.18. The van der Waals surface area contributed by atoms with Gasteiger partial charge in [-0.2, -0.15) is 0 Å². The molecule has 0 radical (unpaired) electrons. The zero-order chi connectivity index (χ0) is 8.10. The van der Waals surface area contributed by atoms with Crippen LogP contribution in [0.2, 0.25) is 0 Å². The van der Waals surface area contributed by atoms with Gasteiger partial charge in [0, 0.05) is 0 Å². The van der Waals surface area contributed by atoms with E-state index in [-0.39, 0.29) is 11.9 Å². The van der Waals surface area contributed by atoms with Crippen molar-refractivity contribution in [3.05, 3.63) is 0 Å². The van der Waals surface area contributed by atoms with Crippen LogP contribution >= 0.6 is 12.8 Å². The third-order valence-electron chi connectivity index (χ3n) is 2.08. The molecule has 1 aliphatic rings. The van der Waals surface area contributed by atoms with Crippen molar-refractivity contribution in [3.8, 4) is 0 Å².